The SMILES string of the molecule is CO[C@H]1CCN(c2cc(NC(C)C)cc(C)n2)C1. The fourth-order valence-corrected chi connectivity index (χ4v) is 2.36. The first kappa shape index (κ1) is 13.1. The zero-order valence-electron chi connectivity index (χ0n) is 11.7. The Labute approximate surface area is 109 Å². The number of pyridine rings is 1. The normalized spacial score (nSPS) is 19.6. The van der Waals surface area contributed by atoms with Crippen molar-refractivity contribution in [2.75, 3.05) is 30.4 Å². The third-order valence-electron chi connectivity index (χ3n) is 3.20. The molecule has 2 rings (SSSR count). The highest BCUT2D eigenvalue weighted by Crippen LogP contribution is 2.23. The quantitative estimate of drug-likeness (QED) is 0.889. The maximum Gasteiger partial charge on any atom is 0.130 e. The smallest absolute Gasteiger partial charge is 0.130 e. The van der Waals surface area contributed by atoms with E-state index in [0.717, 1.165) is 36.7 Å². The number of anilines is 2. The molecule has 1 fully saturated rings. The van der Waals surface area contributed by atoms with Crippen LogP contribution >= 0.6 is 0 Å². The monoisotopic (exact) mass is 249 g/mol. The van der Waals surface area contributed by atoms with Crippen molar-refractivity contribution in [3.8, 4) is 0 Å². The molecule has 0 amide bonds. The van der Waals surface area contributed by atoms with Crippen molar-refractivity contribution in [2.45, 2.75) is 39.3 Å². The molecule has 4 heteroatoms. The van der Waals surface area contributed by atoms with Gasteiger partial charge < -0.3 is 15.0 Å². The molecule has 100 valence electrons. The fraction of sp³-hybridized carbons (Fsp3) is 0.643. The van der Waals surface area contributed by atoms with E-state index < -0.39 is 0 Å². The molecule has 2 heterocycles. The van der Waals surface area contributed by atoms with Crippen molar-refractivity contribution in [1.82, 2.24) is 4.98 Å². The number of hydrogen-bond donors (Lipinski definition) is 1. The van der Waals surface area contributed by atoms with Gasteiger partial charge in [-0.1, -0.05) is 0 Å². The summed E-state index contributed by atoms with van der Waals surface area (Å²) in [5.74, 6) is 1.05. The second kappa shape index (κ2) is 5.57. The molecule has 1 atom stereocenters. The summed E-state index contributed by atoms with van der Waals surface area (Å²) < 4.78 is 5.40. The summed E-state index contributed by atoms with van der Waals surface area (Å²) in [5.41, 5.74) is 2.20. The Morgan fingerprint density at radius 3 is 2.83 bits per heavy atom. The summed E-state index contributed by atoms with van der Waals surface area (Å²) >= 11 is 0. The number of methoxy groups -OCH3 is 1. The molecule has 0 unspecified atom stereocenters. The van der Waals surface area contributed by atoms with Crippen LogP contribution in [0.3, 0.4) is 0 Å². The second-order valence-corrected chi connectivity index (χ2v) is 5.25. The van der Waals surface area contributed by atoms with Crippen LogP contribution in [-0.2, 0) is 4.74 Å². The Morgan fingerprint density at radius 1 is 1.44 bits per heavy atom. The van der Waals surface area contributed by atoms with Gasteiger partial charge in [0.2, 0.25) is 0 Å². The van der Waals surface area contributed by atoms with E-state index in [1.54, 1.807) is 7.11 Å². The maximum atomic E-state index is 5.40. The third-order valence-corrected chi connectivity index (χ3v) is 3.20. The molecule has 0 saturated carbocycles. The predicted molar refractivity (Wildman–Crippen MR) is 75.4 cm³/mol. The van der Waals surface area contributed by atoms with Crippen LogP contribution in [0, 0.1) is 6.92 Å². The van der Waals surface area contributed by atoms with E-state index in [4.69, 9.17) is 4.74 Å². The van der Waals surface area contributed by atoms with Crippen molar-refractivity contribution >= 4 is 11.5 Å². The van der Waals surface area contributed by atoms with Crippen LogP contribution in [0.25, 0.3) is 0 Å². The average Bonchev–Trinajstić information content (AvgIpc) is 2.75. The van der Waals surface area contributed by atoms with Gasteiger partial charge in [0.25, 0.3) is 0 Å². The van der Waals surface area contributed by atoms with E-state index in [0.29, 0.717) is 12.1 Å². The largest absolute Gasteiger partial charge is 0.383 e. The Hall–Kier alpha value is -1.29. The first-order valence-corrected chi connectivity index (χ1v) is 6.61. The lowest BCUT2D eigenvalue weighted by Crippen LogP contribution is -2.23. The zero-order chi connectivity index (χ0) is 13.1. The Balaban J connectivity index is 2.15. The molecule has 1 aromatic heterocycles. The summed E-state index contributed by atoms with van der Waals surface area (Å²) in [7, 11) is 1.78. The summed E-state index contributed by atoms with van der Waals surface area (Å²) in [4.78, 5) is 6.92. The molecule has 0 aromatic carbocycles. The topological polar surface area (TPSA) is 37.4 Å². The Bertz CT molecular complexity index is 406. The van der Waals surface area contributed by atoms with Crippen LogP contribution in [0.2, 0.25) is 0 Å². The van der Waals surface area contributed by atoms with E-state index in [2.05, 4.69) is 41.2 Å². The highest BCUT2D eigenvalue weighted by Gasteiger charge is 2.23. The van der Waals surface area contributed by atoms with Gasteiger partial charge in [0.05, 0.1) is 6.10 Å². The van der Waals surface area contributed by atoms with Crippen molar-refractivity contribution in [2.24, 2.45) is 0 Å². The van der Waals surface area contributed by atoms with Crippen LogP contribution in [0.5, 0.6) is 0 Å². The molecule has 1 aliphatic heterocycles. The zero-order valence-corrected chi connectivity index (χ0v) is 11.7. The number of rotatable bonds is 4. The Kier molecular flexibility index (Phi) is 4.07. The summed E-state index contributed by atoms with van der Waals surface area (Å²) in [5, 5.41) is 3.44. The predicted octanol–water partition coefficient (Wildman–Crippen LogP) is 2.44. The fourth-order valence-electron chi connectivity index (χ4n) is 2.36. The van der Waals surface area contributed by atoms with E-state index in [9.17, 15) is 0 Å². The van der Waals surface area contributed by atoms with Crippen molar-refractivity contribution < 1.29 is 4.74 Å². The van der Waals surface area contributed by atoms with Crippen molar-refractivity contribution in [1.29, 1.82) is 0 Å². The van der Waals surface area contributed by atoms with Gasteiger partial charge >= 0.3 is 0 Å². The van der Waals surface area contributed by atoms with E-state index in [-0.39, 0.29) is 0 Å². The van der Waals surface area contributed by atoms with Gasteiger partial charge in [0.15, 0.2) is 0 Å². The molecule has 0 aliphatic carbocycles. The lowest BCUT2D eigenvalue weighted by atomic mass is 10.2. The van der Waals surface area contributed by atoms with Gasteiger partial charge in [-0.25, -0.2) is 4.98 Å². The molecule has 18 heavy (non-hydrogen) atoms. The molecule has 0 spiro atoms. The number of aryl methyl sites for hydroxylation is 1. The third kappa shape index (κ3) is 3.13. The molecule has 1 N–H and O–H groups in total. The minimum atomic E-state index is 0.342. The van der Waals surface area contributed by atoms with Gasteiger partial charge in [-0.3, -0.25) is 0 Å². The molecule has 4 nitrogen and oxygen atoms in total. The van der Waals surface area contributed by atoms with Gasteiger partial charge in [-0.15, -0.1) is 0 Å². The van der Waals surface area contributed by atoms with Crippen LogP contribution in [-0.4, -0.2) is 37.3 Å². The molecule has 1 aromatic rings. The standard InChI is InChI=1S/C14H23N3O/c1-10(2)15-12-7-11(3)16-14(8-12)17-6-5-13(9-17)18-4/h7-8,10,13H,5-6,9H2,1-4H3,(H,15,16)/t13-/m0/s1. The van der Waals surface area contributed by atoms with Crippen molar-refractivity contribution in [3.63, 3.8) is 0 Å². The number of aromatic nitrogens is 1. The van der Waals surface area contributed by atoms with Gasteiger partial charge in [-0.2, -0.15) is 0 Å². The van der Waals surface area contributed by atoms with Crippen LogP contribution < -0.4 is 10.2 Å². The first-order chi connectivity index (χ1) is 8.58. The van der Waals surface area contributed by atoms with Crippen LogP contribution in [0.4, 0.5) is 11.5 Å². The van der Waals surface area contributed by atoms with Gasteiger partial charge in [-0.05, 0) is 33.3 Å². The summed E-state index contributed by atoms with van der Waals surface area (Å²) in [6, 6.07) is 4.66. The molecular formula is C14H23N3O. The van der Waals surface area contributed by atoms with E-state index in [1.165, 1.54) is 0 Å². The highest BCUT2D eigenvalue weighted by atomic mass is 16.5. The minimum Gasteiger partial charge on any atom is -0.383 e. The van der Waals surface area contributed by atoms with Gasteiger partial charge in [0, 0.05) is 43.7 Å². The number of nitrogens with one attached hydrogen (secondary N) is 1. The summed E-state index contributed by atoms with van der Waals surface area (Å²) in [6.07, 6.45) is 1.42. The van der Waals surface area contributed by atoms with E-state index >= 15 is 0 Å². The number of ether oxygens (including phenoxy) is 1. The van der Waals surface area contributed by atoms with Gasteiger partial charge in [0.1, 0.15) is 5.82 Å². The average molecular weight is 249 g/mol. The molecule has 0 radical (unpaired) electrons. The molecule has 0 bridgehead atoms. The maximum absolute atomic E-state index is 5.40. The van der Waals surface area contributed by atoms with Crippen LogP contribution in [0.1, 0.15) is 26.0 Å². The molecule has 1 aliphatic rings. The number of nitrogens with zero attached hydrogens (tertiary/aromatic N) is 2. The van der Waals surface area contributed by atoms with Crippen LogP contribution in [0.15, 0.2) is 12.1 Å². The lowest BCUT2D eigenvalue weighted by molar-refractivity contribution is 0.121. The minimum absolute atomic E-state index is 0.342. The first-order valence-electron chi connectivity index (χ1n) is 6.61. The van der Waals surface area contributed by atoms with E-state index in [1.807, 2.05) is 6.92 Å². The lowest BCUT2D eigenvalue weighted by Gasteiger charge is -2.20. The highest BCUT2D eigenvalue weighted by molar-refractivity contribution is 5.55. The second-order valence-electron chi connectivity index (χ2n) is 5.25. The van der Waals surface area contributed by atoms with Crippen molar-refractivity contribution in [3.05, 3.63) is 17.8 Å². The molecule has 1 saturated heterocycles. The summed E-state index contributed by atoms with van der Waals surface area (Å²) in [6.45, 7) is 8.29. The molecular weight excluding hydrogens is 226 g/mol. The number of hydrogen-bond acceptors (Lipinski definition) is 4. The Morgan fingerprint density at radius 2 is 2.22 bits per heavy atom.